The number of amides is 1. The lowest BCUT2D eigenvalue weighted by Gasteiger charge is -2.12. The normalized spacial score (nSPS) is 11.8. The second-order valence-corrected chi connectivity index (χ2v) is 7.61. The quantitative estimate of drug-likeness (QED) is 0.625. The summed E-state index contributed by atoms with van der Waals surface area (Å²) < 4.78 is 18.1. The van der Waals surface area contributed by atoms with Crippen molar-refractivity contribution in [2.75, 3.05) is 6.61 Å². The maximum atomic E-state index is 13.0. The van der Waals surface area contributed by atoms with Crippen molar-refractivity contribution in [3.05, 3.63) is 69.5 Å². The molecule has 2 aromatic heterocycles. The molecule has 26 heavy (non-hydrogen) atoms. The van der Waals surface area contributed by atoms with Gasteiger partial charge in [0.25, 0.3) is 5.91 Å². The molecular weight excluding hydrogens is 373 g/mol. The Hall–Kier alpha value is -2.51. The highest BCUT2D eigenvalue weighted by molar-refractivity contribution is 7.17. The molecule has 0 aliphatic carbocycles. The summed E-state index contributed by atoms with van der Waals surface area (Å²) in [6, 6.07) is 13.2. The lowest BCUT2D eigenvalue weighted by atomic mass is 10.2. The van der Waals surface area contributed by atoms with E-state index in [4.69, 9.17) is 4.74 Å². The van der Waals surface area contributed by atoms with E-state index in [9.17, 15) is 14.0 Å². The van der Waals surface area contributed by atoms with Gasteiger partial charge in [0.2, 0.25) is 0 Å². The summed E-state index contributed by atoms with van der Waals surface area (Å²) in [7, 11) is 0. The summed E-state index contributed by atoms with van der Waals surface area (Å²) in [6.45, 7) is 1.54. The third-order valence-electron chi connectivity index (χ3n) is 3.62. The van der Waals surface area contributed by atoms with Crippen LogP contribution in [0.1, 0.15) is 27.5 Å². The van der Waals surface area contributed by atoms with Crippen molar-refractivity contribution in [3.63, 3.8) is 0 Å². The van der Waals surface area contributed by atoms with Crippen LogP contribution >= 0.6 is 22.7 Å². The van der Waals surface area contributed by atoms with Crippen LogP contribution < -0.4 is 5.32 Å². The van der Waals surface area contributed by atoms with Gasteiger partial charge in [-0.2, -0.15) is 0 Å². The van der Waals surface area contributed by atoms with Gasteiger partial charge in [0, 0.05) is 9.75 Å². The first-order chi connectivity index (χ1) is 12.5. The van der Waals surface area contributed by atoms with Gasteiger partial charge in [-0.1, -0.05) is 18.2 Å². The molecule has 1 amide bonds. The Labute approximate surface area is 158 Å². The molecule has 2 heterocycles. The predicted molar refractivity (Wildman–Crippen MR) is 101 cm³/mol. The molecule has 7 heteroatoms. The number of carbonyl (C=O) groups excluding carboxylic acids is 2. The van der Waals surface area contributed by atoms with E-state index < -0.39 is 5.97 Å². The molecule has 0 spiro atoms. The van der Waals surface area contributed by atoms with Crippen LogP contribution in [0.4, 0.5) is 4.39 Å². The molecule has 0 saturated heterocycles. The van der Waals surface area contributed by atoms with Crippen molar-refractivity contribution in [1.82, 2.24) is 5.32 Å². The Morgan fingerprint density at radius 3 is 2.62 bits per heavy atom. The molecule has 4 nitrogen and oxygen atoms in total. The van der Waals surface area contributed by atoms with Gasteiger partial charge in [-0.3, -0.25) is 4.79 Å². The maximum absolute atomic E-state index is 13.0. The number of thiophene rings is 2. The zero-order valence-electron chi connectivity index (χ0n) is 13.9. The molecular formula is C19H16FNO3S2. The predicted octanol–water partition coefficient (Wildman–Crippen LogP) is 4.65. The van der Waals surface area contributed by atoms with E-state index in [0.717, 1.165) is 15.3 Å². The first-order valence-electron chi connectivity index (χ1n) is 7.88. The summed E-state index contributed by atoms with van der Waals surface area (Å²) in [5.41, 5.74) is 0.818. The molecule has 134 valence electrons. The Balaban J connectivity index is 1.53. The number of hydrogen-bond donors (Lipinski definition) is 1. The maximum Gasteiger partial charge on any atom is 0.348 e. The van der Waals surface area contributed by atoms with Crippen molar-refractivity contribution >= 4 is 34.6 Å². The van der Waals surface area contributed by atoms with Gasteiger partial charge >= 0.3 is 5.97 Å². The Bertz CT molecular complexity index is 888. The van der Waals surface area contributed by atoms with Crippen molar-refractivity contribution in [2.24, 2.45) is 0 Å². The zero-order chi connectivity index (χ0) is 18.5. The lowest BCUT2D eigenvalue weighted by Crippen LogP contribution is -2.30. The fourth-order valence-electron chi connectivity index (χ4n) is 2.31. The zero-order valence-corrected chi connectivity index (χ0v) is 15.5. The van der Waals surface area contributed by atoms with E-state index in [1.165, 1.54) is 23.5 Å². The first kappa shape index (κ1) is 18.3. The molecule has 3 aromatic rings. The van der Waals surface area contributed by atoms with Gasteiger partial charge in [0.15, 0.2) is 6.61 Å². The van der Waals surface area contributed by atoms with Crippen molar-refractivity contribution < 1.29 is 18.7 Å². The van der Waals surface area contributed by atoms with Gasteiger partial charge in [-0.05, 0) is 48.2 Å². The number of halogens is 1. The highest BCUT2D eigenvalue weighted by Gasteiger charge is 2.15. The van der Waals surface area contributed by atoms with Crippen LogP contribution in [0.25, 0.3) is 10.4 Å². The third-order valence-corrected chi connectivity index (χ3v) is 5.79. The Kier molecular flexibility index (Phi) is 5.80. The number of hydrogen-bond acceptors (Lipinski definition) is 5. The fraction of sp³-hybridized carbons (Fsp3) is 0.158. The molecule has 1 unspecified atom stereocenters. The summed E-state index contributed by atoms with van der Waals surface area (Å²) in [5.74, 6) is -1.22. The molecule has 1 aromatic carbocycles. The fourth-order valence-corrected chi connectivity index (χ4v) is 3.95. The van der Waals surface area contributed by atoms with Crippen LogP contribution in [0.5, 0.6) is 0 Å². The van der Waals surface area contributed by atoms with E-state index in [0.29, 0.717) is 4.88 Å². The molecule has 0 fully saturated rings. The van der Waals surface area contributed by atoms with Crippen LogP contribution in [-0.4, -0.2) is 18.5 Å². The Morgan fingerprint density at radius 2 is 1.92 bits per heavy atom. The van der Waals surface area contributed by atoms with Crippen LogP contribution in [0.15, 0.2) is 53.9 Å². The van der Waals surface area contributed by atoms with Crippen molar-refractivity contribution in [1.29, 1.82) is 0 Å². The first-order valence-corrected chi connectivity index (χ1v) is 9.58. The minimum Gasteiger partial charge on any atom is -0.451 e. The van der Waals surface area contributed by atoms with Crippen LogP contribution in [0, 0.1) is 5.82 Å². The third kappa shape index (κ3) is 4.56. The molecule has 0 aliphatic rings. The molecule has 3 rings (SSSR count). The average Bonchev–Trinajstić information content (AvgIpc) is 3.32. The monoisotopic (exact) mass is 389 g/mol. The summed E-state index contributed by atoms with van der Waals surface area (Å²) in [5, 5.41) is 4.73. The van der Waals surface area contributed by atoms with Crippen LogP contribution in [0.3, 0.4) is 0 Å². The van der Waals surface area contributed by atoms with E-state index in [-0.39, 0.29) is 24.4 Å². The number of nitrogens with one attached hydrogen (secondary N) is 1. The minimum atomic E-state index is -0.553. The van der Waals surface area contributed by atoms with Gasteiger partial charge in [0.05, 0.1) is 6.04 Å². The number of benzene rings is 1. The second kappa shape index (κ2) is 8.25. The smallest absolute Gasteiger partial charge is 0.348 e. The SMILES string of the molecule is CC(NC(=O)COC(=O)c1ccc(-c2ccc(F)cc2)s1)c1cccs1. The lowest BCUT2D eigenvalue weighted by molar-refractivity contribution is -0.124. The summed E-state index contributed by atoms with van der Waals surface area (Å²) in [4.78, 5) is 26.3. The van der Waals surface area contributed by atoms with Crippen molar-refractivity contribution in [3.8, 4) is 10.4 Å². The molecule has 1 N–H and O–H groups in total. The van der Waals surface area contributed by atoms with E-state index >= 15 is 0 Å². The number of esters is 1. The van der Waals surface area contributed by atoms with E-state index in [2.05, 4.69) is 5.32 Å². The standard InChI is InChI=1S/C19H16FNO3S2/c1-12(15-3-2-10-25-15)21-18(22)11-24-19(23)17-9-8-16(26-17)13-4-6-14(20)7-5-13/h2-10,12H,11H2,1H3,(H,21,22). The van der Waals surface area contributed by atoms with Gasteiger partial charge in [0.1, 0.15) is 10.7 Å². The molecule has 0 aliphatic heterocycles. The van der Waals surface area contributed by atoms with Gasteiger partial charge < -0.3 is 10.1 Å². The molecule has 0 bridgehead atoms. The highest BCUT2D eigenvalue weighted by atomic mass is 32.1. The summed E-state index contributed by atoms with van der Waals surface area (Å²) in [6.07, 6.45) is 0. The van der Waals surface area contributed by atoms with Gasteiger partial charge in [-0.25, -0.2) is 9.18 Å². The van der Waals surface area contributed by atoms with Crippen molar-refractivity contribution in [2.45, 2.75) is 13.0 Å². The Morgan fingerprint density at radius 1 is 1.15 bits per heavy atom. The largest absolute Gasteiger partial charge is 0.451 e. The van der Waals surface area contributed by atoms with E-state index in [1.807, 2.05) is 24.4 Å². The van der Waals surface area contributed by atoms with E-state index in [1.54, 1.807) is 35.6 Å². The number of rotatable bonds is 6. The van der Waals surface area contributed by atoms with Crippen LogP contribution in [-0.2, 0) is 9.53 Å². The average molecular weight is 389 g/mol. The highest BCUT2D eigenvalue weighted by Crippen LogP contribution is 2.28. The second-order valence-electron chi connectivity index (χ2n) is 5.55. The van der Waals surface area contributed by atoms with Crippen LogP contribution in [0.2, 0.25) is 0 Å². The minimum absolute atomic E-state index is 0.131. The molecule has 1 atom stereocenters. The number of ether oxygens (including phenoxy) is 1. The van der Waals surface area contributed by atoms with Gasteiger partial charge in [-0.15, -0.1) is 22.7 Å². The summed E-state index contributed by atoms with van der Waals surface area (Å²) >= 11 is 2.79. The molecule has 0 radical (unpaired) electrons. The number of carbonyl (C=O) groups is 2. The topological polar surface area (TPSA) is 55.4 Å². The molecule has 0 saturated carbocycles.